The molecule has 0 atom stereocenters. The zero-order valence-electron chi connectivity index (χ0n) is 16.4. The van der Waals surface area contributed by atoms with Gasteiger partial charge in [-0.25, -0.2) is 4.98 Å². The topological polar surface area (TPSA) is 74.1 Å². The van der Waals surface area contributed by atoms with Crippen LogP contribution in [0.2, 0.25) is 5.02 Å². The van der Waals surface area contributed by atoms with Gasteiger partial charge in [0, 0.05) is 29.7 Å². The van der Waals surface area contributed by atoms with Crippen molar-refractivity contribution in [3.8, 4) is 17.2 Å². The number of rotatable bonds is 5. The Morgan fingerprint density at radius 3 is 2.94 bits per heavy atom. The average molecular weight is 436 g/mol. The third kappa shape index (κ3) is 4.13. The second kappa shape index (κ2) is 8.20. The number of fused-ring (bicyclic) bond motifs is 2. The highest BCUT2D eigenvalue weighted by Gasteiger charge is 2.19. The maximum atomic E-state index is 12.7. The van der Waals surface area contributed by atoms with Crippen molar-refractivity contribution in [2.24, 2.45) is 0 Å². The summed E-state index contributed by atoms with van der Waals surface area (Å²) in [5.41, 5.74) is 2.65. The van der Waals surface area contributed by atoms with Crippen molar-refractivity contribution < 1.29 is 19.0 Å². The van der Waals surface area contributed by atoms with Crippen molar-refractivity contribution in [3.63, 3.8) is 0 Å². The maximum absolute atomic E-state index is 12.7. The third-order valence-corrected chi connectivity index (χ3v) is 5.03. The Kier molecular flexibility index (Phi) is 5.09. The number of imidazole rings is 1. The summed E-state index contributed by atoms with van der Waals surface area (Å²) >= 11 is 6.24. The largest absolute Gasteiger partial charge is 0.487 e. The molecule has 0 spiro atoms. The van der Waals surface area contributed by atoms with E-state index in [0.29, 0.717) is 53.3 Å². The first-order chi connectivity index (χ1) is 15.2. The van der Waals surface area contributed by atoms with E-state index in [2.05, 4.69) is 10.3 Å². The number of carbonyl (C=O) groups is 1. The summed E-state index contributed by atoms with van der Waals surface area (Å²) in [5, 5.41) is 3.20. The molecule has 1 N–H and O–H groups in total. The first kappa shape index (κ1) is 19.3. The molecule has 0 saturated carbocycles. The van der Waals surface area contributed by atoms with Gasteiger partial charge in [-0.3, -0.25) is 4.79 Å². The second-order valence-electron chi connectivity index (χ2n) is 6.95. The van der Waals surface area contributed by atoms with Crippen LogP contribution in [0.3, 0.4) is 0 Å². The maximum Gasteiger partial charge on any atom is 0.255 e. The van der Waals surface area contributed by atoms with Crippen LogP contribution in [0, 0.1) is 0 Å². The normalized spacial score (nSPS) is 12.5. The summed E-state index contributed by atoms with van der Waals surface area (Å²) in [6, 6.07) is 16.2. The van der Waals surface area contributed by atoms with Gasteiger partial charge in [0.2, 0.25) is 0 Å². The molecule has 2 aromatic carbocycles. The fourth-order valence-electron chi connectivity index (χ4n) is 3.32. The van der Waals surface area contributed by atoms with E-state index in [1.165, 1.54) is 0 Å². The number of ether oxygens (including phenoxy) is 3. The smallest absolute Gasteiger partial charge is 0.255 e. The van der Waals surface area contributed by atoms with Crippen molar-refractivity contribution in [2.45, 2.75) is 6.61 Å². The number of amides is 1. The van der Waals surface area contributed by atoms with Crippen molar-refractivity contribution in [3.05, 3.63) is 83.3 Å². The number of nitrogens with one attached hydrogen (secondary N) is 1. The number of carbonyl (C=O) groups excluding carboxylic acids is 1. The van der Waals surface area contributed by atoms with Crippen LogP contribution >= 0.6 is 11.6 Å². The summed E-state index contributed by atoms with van der Waals surface area (Å²) < 4.78 is 18.8. The molecule has 7 nitrogen and oxygen atoms in total. The van der Waals surface area contributed by atoms with Crippen molar-refractivity contribution in [1.82, 2.24) is 9.38 Å². The van der Waals surface area contributed by atoms with Crippen LogP contribution in [0.5, 0.6) is 17.2 Å². The molecule has 0 fully saturated rings. The Hall–Kier alpha value is -3.71. The summed E-state index contributed by atoms with van der Waals surface area (Å²) in [6.07, 6.45) is 3.86. The number of aromatic nitrogens is 2. The quantitative estimate of drug-likeness (QED) is 0.496. The van der Waals surface area contributed by atoms with Gasteiger partial charge in [0.25, 0.3) is 5.91 Å². The lowest BCUT2D eigenvalue weighted by Crippen LogP contribution is -2.17. The predicted octanol–water partition coefficient (Wildman–Crippen LogP) is 4.59. The van der Waals surface area contributed by atoms with E-state index in [1.54, 1.807) is 24.3 Å². The summed E-state index contributed by atoms with van der Waals surface area (Å²) in [5.74, 6) is 1.24. The van der Waals surface area contributed by atoms with Crippen LogP contribution < -0.4 is 19.5 Å². The zero-order valence-corrected chi connectivity index (χ0v) is 17.1. The van der Waals surface area contributed by atoms with Crippen LogP contribution in [-0.2, 0) is 6.61 Å². The Balaban J connectivity index is 1.28. The Morgan fingerprint density at radius 1 is 1.13 bits per heavy atom. The predicted molar refractivity (Wildman–Crippen MR) is 116 cm³/mol. The Labute approximate surface area is 183 Å². The molecule has 3 heterocycles. The van der Waals surface area contributed by atoms with E-state index in [9.17, 15) is 4.79 Å². The van der Waals surface area contributed by atoms with Crippen molar-refractivity contribution in [2.75, 3.05) is 18.5 Å². The van der Waals surface area contributed by atoms with E-state index in [4.69, 9.17) is 25.8 Å². The van der Waals surface area contributed by atoms with Crippen LogP contribution in [0.1, 0.15) is 16.1 Å². The number of anilines is 1. The second-order valence-corrected chi connectivity index (χ2v) is 7.36. The Bertz CT molecular complexity index is 1240. The molecule has 0 saturated heterocycles. The highest BCUT2D eigenvalue weighted by atomic mass is 35.5. The van der Waals surface area contributed by atoms with E-state index in [1.807, 2.05) is 47.1 Å². The molecule has 0 radical (unpaired) electrons. The van der Waals surface area contributed by atoms with E-state index >= 15 is 0 Å². The number of pyridine rings is 1. The van der Waals surface area contributed by atoms with Crippen LogP contribution in [0.4, 0.5) is 5.69 Å². The zero-order chi connectivity index (χ0) is 21.2. The van der Waals surface area contributed by atoms with Gasteiger partial charge < -0.3 is 23.9 Å². The van der Waals surface area contributed by atoms with E-state index in [-0.39, 0.29) is 5.91 Å². The van der Waals surface area contributed by atoms with Gasteiger partial charge in [-0.2, -0.15) is 0 Å². The van der Waals surface area contributed by atoms with Gasteiger partial charge in [0.15, 0.2) is 11.5 Å². The molecule has 4 aromatic rings. The molecule has 0 unspecified atom stereocenters. The number of hydrogen-bond acceptors (Lipinski definition) is 5. The minimum Gasteiger partial charge on any atom is -0.487 e. The third-order valence-electron chi connectivity index (χ3n) is 4.75. The number of hydrogen-bond donors (Lipinski definition) is 1. The first-order valence-electron chi connectivity index (χ1n) is 9.72. The van der Waals surface area contributed by atoms with Gasteiger partial charge in [-0.15, -0.1) is 0 Å². The van der Waals surface area contributed by atoms with Crippen molar-refractivity contribution >= 4 is 28.8 Å². The summed E-state index contributed by atoms with van der Waals surface area (Å²) in [6.45, 7) is 1.16. The fourth-order valence-corrected chi connectivity index (χ4v) is 3.59. The monoisotopic (exact) mass is 435 g/mol. The average Bonchev–Trinajstić information content (AvgIpc) is 3.21. The molecule has 8 heteroatoms. The van der Waals surface area contributed by atoms with E-state index < -0.39 is 0 Å². The number of halogens is 1. The summed E-state index contributed by atoms with van der Waals surface area (Å²) in [4.78, 5) is 17.2. The van der Waals surface area contributed by atoms with E-state index in [0.717, 1.165) is 11.3 Å². The van der Waals surface area contributed by atoms with Gasteiger partial charge in [-0.05, 0) is 36.4 Å². The lowest BCUT2D eigenvalue weighted by atomic mass is 10.1. The fraction of sp³-hybridized carbons (Fsp3) is 0.130. The molecule has 31 heavy (non-hydrogen) atoms. The van der Waals surface area contributed by atoms with Crippen LogP contribution in [-0.4, -0.2) is 28.5 Å². The molecule has 1 aliphatic heterocycles. The van der Waals surface area contributed by atoms with Crippen LogP contribution in [0.15, 0.2) is 67.0 Å². The molecule has 0 bridgehead atoms. The minimum absolute atomic E-state index is 0.309. The summed E-state index contributed by atoms with van der Waals surface area (Å²) in [7, 11) is 0. The molecule has 1 aliphatic rings. The van der Waals surface area contributed by atoms with Gasteiger partial charge in [0.05, 0.1) is 10.7 Å². The lowest BCUT2D eigenvalue weighted by molar-refractivity contribution is 0.102. The van der Waals surface area contributed by atoms with Crippen molar-refractivity contribution in [1.29, 1.82) is 0 Å². The van der Waals surface area contributed by atoms with Gasteiger partial charge in [-0.1, -0.05) is 23.7 Å². The highest BCUT2D eigenvalue weighted by Crippen LogP contribution is 2.38. The molecule has 5 rings (SSSR count). The van der Waals surface area contributed by atoms with Gasteiger partial charge in [0.1, 0.15) is 31.2 Å². The number of nitrogens with zero attached hydrogens (tertiary/aromatic N) is 2. The minimum atomic E-state index is -0.309. The Morgan fingerprint density at radius 2 is 2.03 bits per heavy atom. The molecule has 1 amide bonds. The molecule has 2 aromatic heterocycles. The molecule has 0 aliphatic carbocycles. The molecular formula is C23H18ClN3O4. The molecule has 156 valence electrons. The first-order valence-corrected chi connectivity index (χ1v) is 10.1. The standard InChI is InChI=1S/C23H18ClN3O4/c24-19-10-15(11-20-22(19)30-9-8-29-20)23(28)26-16-4-3-5-18(12-16)31-14-17-13-27-7-2-1-6-21(27)25-17/h1-7,10-13H,8-9,14H2,(H,26,28). The highest BCUT2D eigenvalue weighted by molar-refractivity contribution is 6.32. The number of benzene rings is 2. The lowest BCUT2D eigenvalue weighted by Gasteiger charge is -2.20. The van der Waals surface area contributed by atoms with Crippen LogP contribution in [0.25, 0.3) is 5.65 Å². The van der Waals surface area contributed by atoms with Gasteiger partial charge >= 0.3 is 0 Å². The molecular weight excluding hydrogens is 418 g/mol. The SMILES string of the molecule is O=C(Nc1cccc(OCc2cn3ccccc3n2)c1)c1cc(Cl)c2c(c1)OCCO2.